The van der Waals surface area contributed by atoms with Gasteiger partial charge in [0, 0.05) is 6.54 Å². The second kappa shape index (κ2) is 5.71. The lowest BCUT2D eigenvalue weighted by Crippen LogP contribution is -2.44. The van der Waals surface area contributed by atoms with Crippen molar-refractivity contribution in [3.05, 3.63) is 24.3 Å². The van der Waals surface area contributed by atoms with Crippen LogP contribution in [0.3, 0.4) is 0 Å². The molecule has 1 aromatic rings. The Morgan fingerprint density at radius 2 is 2.05 bits per heavy atom. The fraction of sp³-hybridized carbons (Fsp3) is 0.462. The molecule has 0 amide bonds. The van der Waals surface area contributed by atoms with Gasteiger partial charge in [0.05, 0.1) is 13.2 Å². The molecule has 1 aromatic carbocycles. The highest BCUT2D eigenvalue weighted by molar-refractivity contribution is 7.89. The number of nitrogens with zero attached hydrogens (tertiary/aromatic N) is 1. The van der Waals surface area contributed by atoms with E-state index in [4.69, 9.17) is 4.74 Å². The van der Waals surface area contributed by atoms with Crippen molar-refractivity contribution in [1.82, 2.24) is 4.31 Å². The van der Waals surface area contributed by atoms with Crippen LogP contribution in [-0.4, -0.2) is 38.7 Å². The average Bonchev–Trinajstić information content (AvgIpc) is 2.47. The lowest BCUT2D eigenvalue weighted by molar-refractivity contribution is -0.111. The molecule has 1 fully saturated rings. The van der Waals surface area contributed by atoms with E-state index in [1.54, 1.807) is 18.2 Å². The molecule has 1 saturated heterocycles. The minimum Gasteiger partial charge on any atom is -0.495 e. The Labute approximate surface area is 113 Å². The largest absolute Gasteiger partial charge is 0.495 e. The van der Waals surface area contributed by atoms with Gasteiger partial charge in [0.15, 0.2) is 0 Å². The summed E-state index contributed by atoms with van der Waals surface area (Å²) in [5.41, 5.74) is 0. The van der Waals surface area contributed by atoms with Crippen LogP contribution >= 0.6 is 0 Å². The molecule has 2 rings (SSSR count). The minimum atomic E-state index is -3.69. The molecule has 0 spiro atoms. The lowest BCUT2D eigenvalue weighted by atomic mass is 10.1. The number of carbonyl (C=O) groups excluding carboxylic acids is 1. The standard InChI is InChI=1S/C13H17NO4S/c1-18-12-7-2-3-8-13(12)19(16,17)14-9-5-4-6-11(14)10-15/h2-3,7-8,10-11H,4-6,9H2,1H3. The molecular weight excluding hydrogens is 266 g/mol. The number of rotatable bonds is 4. The van der Waals surface area contributed by atoms with E-state index in [-0.39, 0.29) is 4.90 Å². The van der Waals surface area contributed by atoms with Gasteiger partial charge in [-0.3, -0.25) is 0 Å². The normalized spacial score (nSPS) is 21.0. The molecular formula is C13H17NO4S. The fourth-order valence-corrected chi connectivity index (χ4v) is 4.11. The maximum Gasteiger partial charge on any atom is 0.247 e. The van der Waals surface area contributed by atoms with Crippen LogP contribution in [0.5, 0.6) is 5.75 Å². The van der Waals surface area contributed by atoms with E-state index in [0.717, 1.165) is 12.8 Å². The molecule has 0 aromatic heterocycles. The number of piperidine rings is 1. The number of ether oxygens (including phenoxy) is 1. The van der Waals surface area contributed by atoms with E-state index >= 15 is 0 Å². The molecule has 0 saturated carbocycles. The molecule has 0 bridgehead atoms. The lowest BCUT2D eigenvalue weighted by Gasteiger charge is -2.31. The van der Waals surface area contributed by atoms with Gasteiger partial charge >= 0.3 is 0 Å². The molecule has 5 nitrogen and oxygen atoms in total. The number of para-hydroxylation sites is 1. The summed E-state index contributed by atoms with van der Waals surface area (Å²) in [4.78, 5) is 11.2. The van der Waals surface area contributed by atoms with Crippen molar-refractivity contribution in [3.63, 3.8) is 0 Å². The zero-order valence-corrected chi connectivity index (χ0v) is 11.6. The van der Waals surface area contributed by atoms with Gasteiger partial charge in [-0.25, -0.2) is 8.42 Å². The van der Waals surface area contributed by atoms with Crippen molar-refractivity contribution in [2.75, 3.05) is 13.7 Å². The van der Waals surface area contributed by atoms with Crippen LogP contribution in [0.15, 0.2) is 29.2 Å². The quantitative estimate of drug-likeness (QED) is 0.784. The predicted molar refractivity (Wildman–Crippen MR) is 70.6 cm³/mol. The summed E-state index contributed by atoms with van der Waals surface area (Å²) >= 11 is 0. The zero-order valence-electron chi connectivity index (χ0n) is 10.8. The number of methoxy groups -OCH3 is 1. The number of aldehydes is 1. The third-order valence-electron chi connectivity index (χ3n) is 3.31. The van der Waals surface area contributed by atoms with Crippen LogP contribution in [0.25, 0.3) is 0 Å². The molecule has 0 N–H and O–H groups in total. The Kier molecular flexibility index (Phi) is 4.21. The SMILES string of the molecule is COc1ccccc1S(=O)(=O)N1CCCCC1C=O. The second-order valence-electron chi connectivity index (χ2n) is 4.47. The van der Waals surface area contributed by atoms with Crippen LogP contribution in [0.1, 0.15) is 19.3 Å². The highest BCUT2D eigenvalue weighted by Gasteiger charge is 2.34. The molecule has 0 aliphatic carbocycles. The van der Waals surface area contributed by atoms with Gasteiger partial charge in [-0.2, -0.15) is 4.31 Å². The smallest absolute Gasteiger partial charge is 0.247 e. The second-order valence-corrected chi connectivity index (χ2v) is 6.32. The molecule has 1 aliphatic heterocycles. The van der Waals surface area contributed by atoms with Crippen LogP contribution in [0, 0.1) is 0 Å². The number of sulfonamides is 1. The molecule has 1 aliphatic rings. The van der Waals surface area contributed by atoms with Gasteiger partial charge in [-0.1, -0.05) is 18.6 Å². The Morgan fingerprint density at radius 1 is 1.32 bits per heavy atom. The summed E-state index contributed by atoms with van der Waals surface area (Å²) < 4.78 is 31.6. The predicted octanol–water partition coefficient (Wildman–Crippen LogP) is 1.44. The highest BCUT2D eigenvalue weighted by atomic mass is 32.2. The Hall–Kier alpha value is -1.40. The maximum absolute atomic E-state index is 12.6. The van der Waals surface area contributed by atoms with Gasteiger partial charge < -0.3 is 9.53 Å². The van der Waals surface area contributed by atoms with E-state index in [9.17, 15) is 13.2 Å². The number of carbonyl (C=O) groups is 1. The average molecular weight is 283 g/mol. The third kappa shape index (κ3) is 2.64. The third-order valence-corrected chi connectivity index (χ3v) is 5.27. The number of hydrogen-bond acceptors (Lipinski definition) is 4. The molecule has 1 heterocycles. The Morgan fingerprint density at radius 3 is 2.74 bits per heavy atom. The molecule has 104 valence electrons. The first-order valence-electron chi connectivity index (χ1n) is 6.21. The van der Waals surface area contributed by atoms with Gasteiger partial charge in [0.25, 0.3) is 0 Å². The number of hydrogen-bond donors (Lipinski definition) is 0. The van der Waals surface area contributed by atoms with Crippen molar-refractivity contribution in [2.24, 2.45) is 0 Å². The summed E-state index contributed by atoms with van der Waals surface area (Å²) in [6.07, 6.45) is 2.95. The summed E-state index contributed by atoms with van der Waals surface area (Å²) in [6.45, 7) is 0.379. The van der Waals surface area contributed by atoms with Crippen LogP contribution in [-0.2, 0) is 14.8 Å². The van der Waals surface area contributed by atoms with Crippen molar-refractivity contribution < 1.29 is 17.9 Å². The van der Waals surface area contributed by atoms with Gasteiger partial charge in [0.2, 0.25) is 10.0 Å². The zero-order chi connectivity index (χ0) is 13.9. The number of benzene rings is 1. The van der Waals surface area contributed by atoms with Crippen LogP contribution < -0.4 is 4.74 Å². The molecule has 1 unspecified atom stereocenters. The van der Waals surface area contributed by atoms with E-state index < -0.39 is 16.1 Å². The van der Waals surface area contributed by atoms with Gasteiger partial charge in [-0.15, -0.1) is 0 Å². The van der Waals surface area contributed by atoms with Gasteiger partial charge in [-0.05, 0) is 25.0 Å². The maximum atomic E-state index is 12.6. The summed E-state index contributed by atoms with van der Waals surface area (Å²) in [5, 5.41) is 0. The highest BCUT2D eigenvalue weighted by Crippen LogP contribution is 2.30. The van der Waals surface area contributed by atoms with Crippen molar-refractivity contribution >= 4 is 16.3 Å². The summed E-state index contributed by atoms with van der Waals surface area (Å²) in [7, 11) is -2.26. The van der Waals surface area contributed by atoms with Crippen molar-refractivity contribution in [1.29, 1.82) is 0 Å². The molecule has 19 heavy (non-hydrogen) atoms. The van der Waals surface area contributed by atoms with Gasteiger partial charge in [0.1, 0.15) is 16.9 Å². The molecule has 6 heteroatoms. The first-order chi connectivity index (χ1) is 9.11. The van der Waals surface area contributed by atoms with Crippen LogP contribution in [0.4, 0.5) is 0 Å². The summed E-state index contributed by atoms with van der Waals surface area (Å²) in [6, 6.07) is 5.90. The van der Waals surface area contributed by atoms with E-state index in [1.165, 1.54) is 17.5 Å². The summed E-state index contributed by atoms with van der Waals surface area (Å²) in [5.74, 6) is 0.303. The first kappa shape index (κ1) is 14.0. The first-order valence-corrected chi connectivity index (χ1v) is 7.65. The van der Waals surface area contributed by atoms with E-state index in [1.807, 2.05) is 0 Å². The van der Waals surface area contributed by atoms with Crippen molar-refractivity contribution in [3.8, 4) is 5.75 Å². The minimum absolute atomic E-state index is 0.117. The van der Waals surface area contributed by atoms with E-state index in [0.29, 0.717) is 25.0 Å². The molecule has 1 atom stereocenters. The fourth-order valence-electron chi connectivity index (χ4n) is 2.32. The Balaban J connectivity index is 2.43. The monoisotopic (exact) mass is 283 g/mol. The van der Waals surface area contributed by atoms with Crippen LogP contribution in [0.2, 0.25) is 0 Å². The Bertz CT molecular complexity index is 556. The van der Waals surface area contributed by atoms with Crippen molar-refractivity contribution in [2.45, 2.75) is 30.2 Å². The van der Waals surface area contributed by atoms with E-state index in [2.05, 4.69) is 0 Å². The topological polar surface area (TPSA) is 63.7 Å². The molecule has 0 radical (unpaired) electrons.